The van der Waals surface area contributed by atoms with Gasteiger partial charge in [-0.05, 0) is 55.2 Å². The van der Waals surface area contributed by atoms with Crippen LogP contribution in [-0.2, 0) is 39.9 Å². The number of ether oxygens (including phenoxy) is 2. The Bertz CT molecular complexity index is 1460. The lowest BCUT2D eigenvalue weighted by Crippen LogP contribution is -2.59. The van der Waals surface area contributed by atoms with Gasteiger partial charge in [0, 0.05) is 38.8 Å². The van der Waals surface area contributed by atoms with Crippen molar-refractivity contribution in [1.82, 2.24) is 25.8 Å². The summed E-state index contributed by atoms with van der Waals surface area (Å²) in [6, 6.07) is 3.54. The first-order valence-electron chi connectivity index (χ1n) is 19.3. The molecule has 1 saturated carbocycles. The molecule has 1 aliphatic carbocycles. The Labute approximate surface area is 326 Å². The Morgan fingerprint density at radius 2 is 1.57 bits per heavy atom. The number of aliphatic carboxylic acids is 1. The van der Waals surface area contributed by atoms with Crippen molar-refractivity contribution < 1.29 is 38.6 Å². The number of amides is 4. The van der Waals surface area contributed by atoms with Crippen LogP contribution in [0.25, 0.3) is 0 Å². The number of nitrogens with zero attached hydrogens (tertiary/aromatic N) is 2. The van der Waals surface area contributed by atoms with E-state index in [4.69, 9.17) is 21.1 Å². The highest BCUT2D eigenvalue weighted by molar-refractivity contribution is 6.31. The second-order valence-corrected chi connectivity index (χ2v) is 16.3. The lowest BCUT2D eigenvalue weighted by molar-refractivity contribution is -0.149. The van der Waals surface area contributed by atoms with Gasteiger partial charge in [-0.25, -0.2) is 4.79 Å². The first-order valence-corrected chi connectivity index (χ1v) is 19.7. The molecule has 0 radical (unpaired) electrons. The van der Waals surface area contributed by atoms with E-state index in [-0.39, 0.29) is 60.3 Å². The molecule has 4 N–H and O–H groups in total. The molecule has 1 aliphatic heterocycles. The summed E-state index contributed by atoms with van der Waals surface area (Å²) in [6.45, 7) is 13.4. The van der Waals surface area contributed by atoms with Crippen LogP contribution in [0.1, 0.15) is 79.7 Å². The molecule has 13 nitrogen and oxygen atoms in total. The molecule has 11 atom stereocenters. The van der Waals surface area contributed by atoms with Gasteiger partial charge < -0.3 is 40.3 Å². The number of carboxylic acid groups (broad SMARTS) is 1. The maximum atomic E-state index is 14.4. The van der Waals surface area contributed by atoms with Crippen LogP contribution < -0.4 is 16.0 Å². The van der Waals surface area contributed by atoms with Crippen LogP contribution in [0.2, 0.25) is 5.02 Å². The average Bonchev–Trinajstić information content (AvgIpc) is 3.78. The van der Waals surface area contributed by atoms with Gasteiger partial charge in [0.05, 0.1) is 42.7 Å². The van der Waals surface area contributed by atoms with E-state index in [1.54, 1.807) is 57.3 Å². The maximum absolute atomic E-state index is 14.4. The molecular formula is C40H64ClN5O8. The van der Waals surface area contributed by atoms with Crippen molar-refractivity contribution in [2.75, 3.05) is 28.3 Å². The summed E-state index contributed by atoms with van der Waals surface area (Å²) < 4.78 is 11.9. The van der Waals surface area contributed by atoms with Crippen molar-refractivity contribution >= 4 is 41.2 Å². The van der Waals surface area contributed by atoms with Crippen LogP contribution in [0.3, 0.4) is 0 Å². The first kappa shape index (κ1) is 45.1. The monoisotopic (exact) mass is 777 g/mol. The molecule has 54 heavy (non-hydrogen) atoms. The molecule has 1 aromatic carbocycles. The van der Waals surface area contributed by atoms with Crippen molar-refractivity contribution in [3.8, 4) is 0 Å². The summed E-state index contributed by atoms with van der Waals surface area (Å²) in [6.07, 6.45) is 0.859. The lowest BCUT2D eigenvalue weighted by Gasteiger charge is -2.41. The van der Waals surface area contributed by atoms with Gasteiger partial charge in [0.1, 0.15) is 12.1 Å². The van der Waals surface area contributed by atoms with Gasteiger partial charge in [-0.3, -0.25) is 19.2 Å². The van der Waals surface area contributed by atoms with Crippen LogP contribution in [0.15, 0.2) is 24.3 Å². The summed E-state index contributed by atoms with van der Waals surface area (Å²) in [5.74, 6) is -3.09. The molecule has 14 heteroatoms. The van der Waals surface area contributed by atoms with E-state index >= 15 is 0 Å². The van der Waals surface area contributed by atoms with Gasteiger partial charge in [-0.1, -0.05) is 84.7 Å². The smallest absolute Gasteiger partial charge is 0.326 e. The van der Waals surface area contributed by atoms with Crippen molar-refractivity contribution in [1.29, 1.82) is 0 Å². The molecule has 304 valence electrons. The van der Waals surface area contributed by atoms with E-state index in [9.17, 15) is 29.1 Å². The molecule has 2 fully saturated rings. The third-order valence-electron chi connectivity index (χ3n) is 11.6. The number of benzene rings is 1. The number of carboxylic acids is 1. The number of likely N-dealkylation sites (tertiary alicyclic amines) is 1. The number of rotatable bonds is 21. The number of methoxy groups -OCH3 is 2. The van der Waals surface area contributed by atoms with Crippen LogP contribution >= 0.6 is 11.6 Å². The number of fused-ring (bicyclic) bond motifs is 1. The summed E-state index contributed by atoms with van der Waals surface area (Å²) >= 11 is 6.28. The number of nitrogens with one attached hydrogen (secondary N) is 3. The molecule has 1 heterocycles. The number of hydrogen-bond donors (Lipinski definition) is 4. The topological polar surface area (TPSA) is 167 Å². The molecule has 3 rings (SSSR count). The largest absolute Gasteiger partial charge is 0.480 e. The molecule has 2 aliphatic rings. The average molecular weight is 778 g/mol. The highest BCUT2D eigenvalue weighted by atomic mass is 35.5. The van der Waals surface area contributed by atoms with E-state index < -0.39 is 60.2 Å². The minimum absolute atomic E-state index is 0.00271. The van der Waals surface area contributed by atoms with E-state index in [0.29, 0.717) is 23.4 Å². The number of halogens is 1. The third kappa shape index (κ3) is 10.7. The fraction of sp³-hybridized carbons (Fsp3) is 0.725. The van der Waals surface area contributed by atoms with Crippen molar-refractivity contribution in [2.45, 2.75) is 129 Å². The van der Waals surface area contributed by atoms with Crippen LogP contribution in [0.5, 0.6) is 0 Å². The molecule has 1 aromatic rings. The van der Waals surface area contributed by atoms with E-state index in [1.807, 2.05) is 46.4 Å². The maximum Gasteiger partial charge on any atom is 0.326 e. The van der Waals surface area contributed by atoms with Crippen molar-refractivity contribution in [3.63, 3.8) is 0 Å². The predicted molar refractivity (Wildman–Crippen MR) is 208 cm³/mol. The molecule has 4 amide bonds. The zero-order valence-corrected chi connectivity index (χ0v) is 34.7. The number of piperidine rings is 1. The van der Waals surface area contributed by atoms with Gasteiger partial charge in [-0.15, -0.1) is 0 Å². The third-order valence-corrected chi connectivity index (χ3v) is 11.9. The van der Waals surface area contributed by atoms with Gasteiger partial charge >= 0.3 is 5.97 Å². The second kappa shape index (κ2) is 20.1. The number of carbonyl (C=O) groups is 5. The van der Waals surface area contributed by atoms with Crippen LogP contribution in [-0.4, -0.2) is 121 Å². The van der Waals surface area contributed by atoms with E-state index in [1.165, 1.54) is 7.11 Å². The van der Waals surface area contributed by atoms with Gasteiger partial charge in [0.2, 0.25) is 23.6 Å². The molecule has 0 aromatic heterocycles. The normalized spacial score (nSPS) is 22.3. The fourth-order valence-electron chi connectivity index (χ4n) is 8.14. The predicted octanol–water partition coefficient (Wildman–Crippen LogP) is 3.76. The molecule has 1 saturated heterocycles. The van der Waals surface area contributed by atoms with Crippen LogP contribution in [0, 0.1) is 29.6 Å². The van der Waals surface area contributed by atoms with Crippen molar-refractivity contribution in [2.24, 2.45) is 29.6 Å². The number of carbonyl (C=O) groups excluding carboxylic acids is 4. The Hall–Kier alpha value is -3.26. The number of likely N-dealkylation sites (N-methyl/N-ethyl adjacent to an activating group) is 2. The second-order valence-electron chi connectivity index (χ2n) is 15.9. The Kier molecular flexibility index (Phi) is 16.8. The zero-order chi connectivity index (χ0) is 40.6. The summed E-state index contributed by atoms with van der Waals surface area (Å²) in [4.78, 5) is 71.0. The molecular weight excluding hydrogens is 714 g/mol. The quantitative estimate of drug-likeness (QED) is 0.146. The first-order chi connectivity index (χ1) is 25.4. The Morgan fingerprint density at radius 3 is 2.09 bits per heavy atom. The molecule has 0 spiro atoms. The highest BCUT2D eigenvalue weighted by Crippen LogP contribution is 2.50. The van der Waals surface area contributed by atoms with Gasteiger partial charge in [-0.2, -0.15) is 0 Å². The fourth-order valence-corrected chi connectivity index (χ4v) is 8.35. The van der Waals surface area contributed by atoms with Gasteiger partial charge in [0.15, 0.2) is 0 Å². The van der Waals surface area contributed by atoms with Crippen LogP contribution in [0.4, 0.5) is 0 Å². The van der Waals surface area contributed by atoms with Gasteiger partial charge in [0.25, 0.3) is 0 Å². The lowest BCUT2D eigenvalue weighted by atomic mass is 9.89. The highest BCUT2D eigenvalue weighted by Gasteiger charge is 2.57. The summed E-state index contributed by atoms with van der Waals surface area (Å²) in [5.41, 5.74) is 0.601. The minimum atomic E-state index is -1.21. The Morgan fingerprint density at radius 1 is 0.944 bits per heavy atom. The number of hydrogen-bond acceptors (Lipinski definition) is 8. The zero-order valence-electron chi connectivity index (χ0n) is 33.9. The molecule has 4 unspecified atom stereocenters. The summed E-state index contributed by atoms with van der Waals surface area (Å²) in [7, 11) is 6.48. The van der Waals surface area contributed by atoms with E-state index in [2.05, 4.69) is 16.0 Å². The van der Waals surface area contributed by atoms with Crippen molar-refractivity contribution in [3.05, 3.63) is 34.9 Å². The van der Waals surface area contributed by atoms with E-state index in [0.717, 1.165) is 6.42 Å². The Balaban J connectivity index is 1.81. The summed E-state index contributed by atoms with van der Waals surface area (Å²) in [5, 5.41) is 19.1. The molecule has 0 bridgehead atoms. The minimum Gasteiger partial charge on any atom is -0.480 e. The standard InChI is InChI=1S/C40H64ClN5O8/c1-12-23(6)35(45(9)39(50)34(22(4)5)44-38(49)33(42-8)21(2)3)31(53-10)20-32(47)46-29-18-26(29)19-30(46)36(54-11)24(7)37(48)43-28(40(51)52)17-25-15-13-14-16-27(25)41/h13-16,21-24,26,28-31,33-36,42H,12,17-20H2,1-11H3,(H,43,48)(H,44,49)(H,51,52)/t23-,24+,26-,28-,29?,30-,31?,33-,34-,35?,36?/m0/s1. The SMILES string of the molecule is CC[C@H](C)C(C(CC(=O)N1C2C[C@H]2C[C@H]1C(OC)[C@@H](C)C(=O)N[C@@H](Cc1ccccc1Cl)C(=O)O)OC)N(C)C(=O)[C@@H](NC(=O)[C@@H](NC)C(C)C)C(C)C.